The molecule has 3 nitrogen and oxygen atoms in total. The van der Waals surface area contributed by atoms with Crippen LogP contribution in [-0.2, 0) is 22.9 Å². The van der Waals surface area contributed by atoms with E-state index < -0.39 is 10.0 Å². The van der Waals surface area contributed by atoms with E-state index in [9.17, 15) is 8.42 Å². The van der Waals surface area contributed by atoms with Crippen LogP contribution in [0.2, 0.25) is 0 Å². The molecule has 0 heterocycles. The fraction of sp³-hybridized carbons (Fsp3) is 0.400. The molecule has 128 valence electrons. The van der Waals surface area contributed by atoms with Crippen molar-refractivity contribution in [2.75, 3.05) is 0 Å². The molecule has 0 spiro atoms. The largest absolute Gasteiger partial charge is 0.241 e. The van der Waals surface area contributed by atoms with Crippen LogP contribution in [0.25, 0.3) is 0 Å². The molecule has 0 bridgehead atoms. The first-order valence-corrected chi connectivity index (χ1v) is 10.1. The number of rotatable bonds is 4. The van der Waals surface area contributed by atoms with Crippen molar-refractivity contribution in [3.63, 3.8) is 0 Å². The summed E-state index contributed by atoms with van der Waals surface area (Å²) in [5.41, 5.74) is 5.53. The number of aryl methyl sites for hydroxylation is 4. The van der Waals surface area contributed by atoms with Crippen LogP contribution in [0.1, 0.15) is 53.6 Å². The number of benzene rings is 2. The molecule has 1 aliphatic carbocycles. The molecule has 2 aromatic carbocycles. The van der Waals surface area contributed by atoms with Gasteiger partial charge < -0.3 is 0 Å². The summed E-state index contributed by atoms with van der Waals surface area (Å²) in [7, 11) is -3.53. The Balaban J connectivity index is 1.86. The molecule has 1 atom stereocenters. The molecule has 0 fully saturated rings. The van der Waals surface area contributed by atoms with E-state index in [1.54, 1.807) is 6.07 Å². The predicted octanol–water partition coefficient (Wildman–Crippen LogP) is 4.22. The molecule has 0 radical (unpaired) electrons. The van der Waals surface area contributed by atoms with Gasteiger partial charge in [-0.1, -0.05) is 30.3 Å². The van der Waals surface area contributed by atoms with Crippen molar-refractivity contribution < 1.29 is 8.42 Å². The van der Waals surface area contributed by atoms with Gasteiger partial charge in [-0.15, -0.1) is 0 Å². The van der Waals surface area contributed by atoms with Gasteiger partial charge in [0.2, 0.25) is 10.0 Å². The standard InChI is InChI=1S/C20H25NO2S/c1-14-8-9-15(2)20(12-14)24(22,23)21-16(3)18-11-10-17-6-4-5-7-19(17)13-18/h8-13,16,21H,4-7H2,1-3H3/t16-/m0/s1. The Kier molecular flexibility index (Phi) is 4.79. The molecule has 0 amide bonds. The van der Waals surface area contributed by atoms with Gasteiger partial charge in [0.25, 0.3) is 0 Å². The zero-order valence-electron chi connectivity index (χ0n) is 14.6. The Morgan fingerprint density at radius 2 is 1.67 bits per heavy atom. The Hall–Kier alpha value is -1.65. The Bertz CT molecular complexity index is 856. The molecular weight excluding hydrogens is 318 g/mol. The second-order valence-corrected chi connectivity index (χ2v) is 8.53. The van der Waals surface area contributed by atoms with Crippen molar-refractivity contribution in [1.29, 1.82) is 0 Å². The minimum absolute atomic E-state index is 0.248. The van der Waals surface area contributed by atoms with Gasteiger partial charge in [-0.2, -0.15) is 0 Å². The molecule has 0 aromatic heterocycles. The monoisotopic (exact) mass is 343 g/mol. The summed E-state index contributed by atoms with van der Waals surface area (Å²) in [6.45, 7) is 5.65. The SMILES string of the molecule is Cc1ccc(C)c(S(=O)(=O)N[C@@H](C)c2ccc3c(c2)CCCC3)c1. The van der Waals surface area contributed by atoms with Crippen LogP contribution in [0.5, 0.6) is 0 Å². The summed E-state index contributed by atoms with van der Waals surface area (Å²) in [6.07, 6.45) is 4.71. The number of hydrogen-bond donors (Lipinski definition) is 1. The zero-order chi connectivity index (χ0) is 17.3. The zero-order valence-corrected chi connectivity index (χ0v) is 15.4. The van der Waals surface area contributed by atoms with Crippen molar-refractivity contribution >= 4 is 10.0 Å². The van der Waals surface area contributed by atoms with Crippen molar-refractivity contribution in [2.45, 2.75) is 57.4 Å². The quantitative estimate of drug-likeness (QED) is 0.903. The summed E-state index contributed by atoms with van der Waals surface area (Å²) < 4.78 is 28.4. The predicted molar refractivity (Wildman–Crippen MR) is 97.7 cm³/mol. The topological polar surface area (TPSA) is 46.2 Å². The molecule has 1 aliphatic rings. The molecular formula is C20H25NO2S. The summed E-state index contributed by atoms with van der Waals surface area (Å²) in [4.78, 5) is 0.368. The van der Waals surface area contributed by atoms with Crippen LogP contribution in [0.15, 0.2) is 41.3 Å². The molecule has 1 N–H and O–H groups in total. The van der Waals surface area contributed by atoms with Gasteiger partial charge in [0, 0.05) is 6.04 Å². The van der Waals surface area contributed by atoms with Gasteiger partial charge in [0.15, 0.2) is 0 Å². The maximum absolute atomic E-state index is 12.8. The van der Waals surface area contributed by atoms with Crippen LogP contribution in [0.3, 0.4) is 0 Å². The third kappa shape index (κ3) is 3.55. The second-order valence-electron chi connectivity index (χ2n) is 6.85. The van der Waals surface area contributed by atoms with Crippen LogP contribution in [0, 0.1) is 13.8 Å². The van der Waals surface area contributed by atoms with E-state index in [1.165, 1.54) is 24.0 Å². The first kappa shape index (κ1) is 17.2. The lowest BCUT2D eigenvalue weighted by Crippen LogP contribution is -2.27. The fourth-order valence-corrected chi connectivity index (χ4v) is 4.95. The number of fused-ring (bicyclic) bond motifs is 1. The molecule has 4 heteroatoms. The lowest BCUT2D eigenvalue weighted by atomic mass is 9.89. The molecule has 0 aliphatic heterocycles. The summed E-state index contributed by atoms with van der Waals surface area (Å²) >= 11 is 0. The van der Waals surface area contributed by atoms with E-state index in [2.05, 4.69) is 22.9 Å². The highest BCUT2D eigenvalue weighted by molar-refractivity contribution is 7.89. The Labute approximate surface area is 145 Å². The maximum atomic E-state index is 12.8. The van der Waals surface area contributed by atoms with E-state index in [4.69, 9.17) is 0 Å². The lowest BCUT2D eigenvalue weighted by Gasteiger charge is -2.20. The third-order valence-corrected chi connectivity index (χ3v) is 6.52. The summed E-state index contributed by atoms with van der Waals surface area (Å²) in [5.74, 6) is 0. The van der Waals surface area contributed by atoms with Crippen LogP contribution >= 0.6 is 0 Å². The average Bonchev–Trinajstić information content (AvgIpc) is 2.56. The average molecular weight is 343 g/mol. The molecule has 2 aromatic rings. The van der Waals surface area contributed by atoms with Gasteiger partial charge in [-0.25, -0.2) is 13.1 Å². The molecule has 3 rings (SSSR count). The van der Waals surface area contributed by atoms with Gasteiger partial charge in [0.05, 0.1) is 4.90 Å². The minimum Gasteiger partial charge on any atom is -0.207 e. The van der Waals surface area contributed by atoms with E-state index in [0.717, 1.165) is 29.5 Å². The summed E-state index contributed by atoms with van der Waals surface area (Å²) in [6, 6.07) is 11.7. The van der Waals surface area contributed by atoms with Crippen LogP contribution in [-0.4, -0.2) is 8.42 Å². The van der Waals surface area contributed by atoms with E-state index >= 15 is 0 Å². The fourth-order valence-electron chi connectivity index (χ4n) is 3.38. The minimum atomic E-state index is -3.53. The van der Waals surface area contributed by atoms with Gasteiger partial charge in [-0.3, -0.25) is 0 Å². The Morgan fingerprint density at radius 3 is 2.42 bits per heavy atom. The highest BCUT2D eigenvalue weighted by atomic mass is 32.2. The second kappa shape index (κ2) is 6.69. The molecule has 0 saturated carbocycles. The molecule has 0 unspecified atom stereocenters. The number of sulfonamides is 1. The lowest BCUT2D eigenvalue weighted by molar-refractivity contribution is 0.566. The van der Waals surface area contributed by atoms with Crippen molar-refractivity contribution in [3.05, 3.63) is 64.2 Å². The van der Waals surface area contributed by atoms with E-state index in [-0.39, 0.29) is 6.04 Å². The van der Waals surface area contributed by atoms with Gasteiger partial charge >= 0.3 is 0 Å². The van der Waals surface area contributed by atoms with Crippen molar-refractivity contribution in [1.82, 2.24) is 4.72 Å². The number of hydrogen-bond acceptors (Lipinski definition) is 2. The summed E-state index contributed by atoms with van der Waals surface area (Å²) in [5, 5.41) is 0. The Morgan fingerprint density at radius 1 is 0.958 bits per heavy atom. The first-order valence-electron chi connectivity index (χ1n) is 8.58. The van der Waals surface area contributed by atoms with Crippen LogP contribution in [0.4, 0.5) is 0 Å². The third-order valence-electron chi connectivity index (χ3n) is 4.84. The van der Waals surface area contributed by atoms with E-state index in [1.807, 2.05) is 32.9 Å². The first-order chi connectivity index (χ1) is 11.4. The smallest absolute Gasteiger partial charge is 0.207 e. The molecule has 24 heavy (non-hydrogen) atoms. The highest BCUT2D eigenvalue weighted by Gasteiger charge is 2.21. The van der Waals surface area contributed by atoms with Crippen molar-refractivity contribution in [3.8, 4) is 0 Å². The van der Waals surface area contributed by atoms with Gasteiger partial charge in [-0.05, 0) is 80.3 Å². The van der Waals surface area contributed by atoms with E-state index in [0.29, 0.717) is 4.90 Å². The van der Waals surface area contributed by atoms with Gasteiger partial charge in [0.1, 0.15) is 0 Å². The van der Waals surface area contributed by atoms with Crippen molar-refractivity contribution in [2.24, 2.45) is 0 Å². The maximum Gasteiger partial charge on any atom is 0.241 e. The number of nitrogens with one attached hydrogen (secondary N) is 1. The normalized spacial score (nSPS) is 15.8. The molecule has 0 saturated heterocycles. The highest BCUT2D eigenvalue weighted by Crippen LogP contribution is 2.26. The van der Waals surface area contributed by atoms with Crippen LogP contribution < -0.4 is 4.72 Å².